The Morgan fingerprint density at radius 3 is 2.30 bits per heavy atom. The molecule has 1 amide bonds. The topological polar surface area (TPSA) is 84.5 Å². The van der Waals surface area contributed by atoms with E-state index in [1.165, 1.54) is 12.1 Å². The standard InChI is InChI=1S/C19H23FN2O4S/c1-4-26-15-11-9-14(10-12-15)21-19(23)18(13(2)3)22-27(24,25)17-8-6-5-7-16(17)20/h5-13,18,22H,4H2,1-3H3,(H,21,23)/t18-/m0/s1. The molecule has 0 fully saturated rings. The lowest BCUT2D eigenvalue weighted by Crippen LogP contribution is -2.47. The van der Waals surface area contributed by atoms with Crippen LogP contribution in [0.3, 0.4) is 0 Å². The molecule has 8 heteroatoms. The van der Waals surface area contributed by atoms with Gasteiger partial charge in [-0.25, -0.2) is 12.8 Å². The van der Waals surface area contributed by atoms with Gasteiger partial charge in [0.05, 0.1) is 6.61 Å². The first-order valence-corrected chi connectivity index (χ1v) is 10.0. The zero-order valence-corrected chi connectivity index (χ0v) is 16.2. The molecule has 0 heterocycles. The lowest BCUT2D eigenvalue weighted by Gasteiger charge is -2.22. The van der Waals surface area contributed by atoms with Crippen molar-refractivity contribution in [2.45, 2.75) is 31.7 Å². The molecule has 2 N–H and O–H groups in total. The highest BCUT2D eigenvalue weighted by atomic mass is 32.2. The van der Waals surface area contributed by atoms with Crippen LogP contribution in [0.2, 0.25) is 0 Å². The van der Waals surface area contributed by atoms with E-state index >= 15 is 0 Å². The summed E-state index contributed by atoms with van der Waals surface area (Å²) >= 11 is 0. The van der Waals surface area contributed by atoms with Crippen LogP contribution in [0.5, 0.6) is 5.75 Å². The van der Waals surface area contributed by atoms with Crippen molar-refractivity contribution < 1.29 is 22.3 Å². The van der Waals surface area contributed by atoms with Crippen LogP contribution in [-0.2, 0) is 14.8 Å². The zero-order chi connectivity index (χ0) is 20.0. The van der Waals surface area contributed by atoms with Gasteiger partial charge in [-0.2, -0.15) is 4.72 Å². The van der Waals surface area contributed by atoms with Gasteiger partial charge in [0, 0.05) is 5.69 Å². The summed E-state index contributed by atoms with van der Waals surface area (Å²) < 4.78 is 46.5. The van der Waals surface area contributed by atoms with Gasteiger partial charge in [0.2, 0.25) is 15.9 Å². The Labute approximate surface area is 158 Å². The number of ether oxygens (including phenoxy) is 1. The van der Waals surface area contributed by atoms with E-state index in [4.69, 9.17) is 4.74 Å². The second kappa shape index (κ2) is 8.96. The zero-order valence-electron chi connectivity index (χ0n) is 15.4. The molecule has 0 aromatic heterocycles. The second-order valence-electron chi connectivity index (χ2n) is 6.22. The molecule has 6 nitrogen and oxygen atoms in total. The monoisotopic (exact) mass is 394 g/mol. The number of carbonyl (C=O) groups excluding carboxylic acids is 1. The highest BCUT2D eigenvalue weighted by Gasteiger charge is 2.29. The maximum Gasteiger partial charge on any atom is 0.244 e. The SMILES string of the molecule is CCOc1ccc(NC(=O)[C@@H](NS(=O)(=O)c2ccccc2F)C(C)C)cc1. The summed E-state index contributed by atoms with van der Waals surface area (Å²) in [4.78, 5) is 12.1. The van der Waals surface area contributed by atoms with Gasteiger partial charge in [-0.3, -0.25) is 4.79 Å². The predicted octanol–water partition coefficient (Wildman–Crippen LogP) is 3.17. The van der Waals surface area contributed by atoms with Gasteiger partial charge in [0.15, 0.2) is 0 Å². The smallest absolute Gasteiger partial charge is 0.244 e. The number of hydrogen-bond donors (Lipinski definition) is 2. The van der Waals surface area contributed by atoms with Gasteiger partial charge >= 0.3 is 0 Å². The van der Waals surface area contributed by atoms with Crippen molar-refractivity contribution >= 4 is 21.6 Å². The van der Waals surface area contributed by atoms with Crippen LogP contribution in [0.15, 0.2) is 53.4 Å². The molecule has 1 atom stereocenters. The van der Waals surface area contributed by atoms with Crippen molar-refractivity contribution in [1.82, 2.24) is 4.72 Å². The van der Waals surface area contributed by atoms with Crippen LogP contribution < -0.4 is 14.8 Å². The molecule has 0 saturated carbocycles. The highest BCUT2D eigenvalue weighted by molar-refractivity contribution is 7.89. The number of anilines is 1. The number of rotatable bonds is 8. The molecule has 0 aliphatic carbocycles. The number of halogens is 1. The van der Waals surface area contributed by atoms with E-state index in [0.717, 1.165) is 12.1 Å². The van der Waals surface area contributed by atoms with Gasteiger partial charge in [-0.1, -0.05) is 26.0 Å². The summed E-state index contributed by atoms with van der Waals surface area (Å²) in [7, 11) is -4.19. The van der Waals surface area contributed by atoms with E-state index in [1.807, 2.05) is 6.92 Å². The first kappa shape index (κ1) is 20.9. The lowest BCUT2D eigenvalue weighted by molar-refractivity contribution is -0.118. The van der Waals surface area contributed by atoms with Crippen LogP contribution in [0.4, 0.5) is 10.1 Å². The minimum atomic E-state index is -4.19. The molecule has 0 unspecified atom stereocenters. The molecular formula is C19H23FN2O4S. The molecule has 2 aromatic carbocycles. The van der Waals surface area contributed by atoms with Crippen molar-refractivity contribution in [3.8, 4) is 5.75 Å². The maximum atomic E-state index is 13.9. The fraction of sp³-hybridized carbons (Fsp3) is 0.316. The van der Waals surface area contributed by atoms with E-state index in [2.05, 4.69) is 10.0 Å². The van der Waals surface area contributed by atoms with Crippen molar-refractivity contribution in [2.75, 3.05) is 11.9 Å². The number of hydrogen-bond acceptors (Lipinski definition) is 4. The summed E-state index contributed by atoms with van der Waals surface area (Å²) in [6.45, 7) is 5.79. The molecular weight excluding hydrogens is 371 g/mol. The number of sulfonamides is 1. The first-order chi connectivity index (χ1) is 12.7. The van der Waals surface area contributed by atoms with E-state index in [-0.39, 0.29) is 5.92 Å². The third-order valence-corrected chi connectivity index (χ3v) is 5.26. The quantitative estimate of drug-likeness (QED) is 0.720. The van der Waals surface area contributed by atoms with Crippen molar-refractivity contribution in [1.29, 1.82) is 0 Å². The molecule has 0 aliphatic heterocycles. The van der Waals surface area contributed by atoms with Crippen LogP contribution in [0, 0.1) is 11.7 Å². The van der Waals surface area contributed by atoms with Crippen LogP contribution >= 0.6 is 0 Å². The van der Waals surface area contributed by atoms with Crippen LogP contribution in [0.1, 0.15) is 20.8 Å². The molecule has 27 heavy (non-hydrogen) atoms. The Morgan fingerprint density at radius 1 is 1.11 bits per heavy atom. The number of amides is 1. The molecule has 0 spiro atoms. The summed E-state index contributed by atoms with van der Waals surface area (Å²) in [5.41, 5.74) is 0.499. The molecule has 0 radical (unpaired) electrons. The maximum absolute atomic E-state index is 13.9. The highest BCUT2D eigenvalue weighted by Crippen LogP contribution is 2.18. The largest absolute Gasteiger partial charge is 0.494 e. The second-order valence-corrected chi connectivity index (χ2v) is 7.90. The lowest BCUT2D eigenvalue weighted by atomic mass is 10.0. The average molecular weight is 394 g/mol. The Balaban J connectivity index is 2.16. The molecule has 146 valence electrons. The summed E-state index contributed by atoms with van der Waals surface area (Å²) in [6, 6.07) is 10.7. The average Bonchev–Trinajstić information content (AvgIpc) is 2.61. The molecule has 0 bridgehead atoms. The number of benzene rings is 2. The molecule has 2 aromatic rings. The Hall–Kier alpha value is -2.45. The fourth-order valence-electron chi connectivity index (χ4n) is 2.41. The predicted molar refractivity (Wildman–Crippen MR) is 102 cm³/mol. The molecule has 2 rings (SSSR count). The Kier molecular flexibility index (Phi) is 6.92. The minimum absolute atomic E-state index is 0.353. The van der Waals surface area contributed by atoms with E-state index in [0.29, 0.717) is 18.0 Å². The number of nitrogens with one attached hydrogen (secondary N) is 2. The van der Waals surface area contributed by atoms with E-state index < -0.39 is 32.7 Å². The van der Waals surface area contributed by atoms with Gasteiger partial charge in [0.25, 0.3) is 0 Å². The molecule has 0 aliphatic rings. The first-order valence-electron chi connectivity index (χ1n) is 8.55. The molecule has 0 saturated heterocycles. The van der Waals surface area contributed by atoms with E-state index in [9.17, 15) is 17.6 Å². The normalized spacial score (nSPS) is 12.6. The van der Waals surface area contributed by atoms with Crippen LogP contribution in [-0.4, -0.2) is 27.0 Å². The van der Waals surface area contributed by atoms with Gasteiger partial charge in [0.1, 0.15) is 22.5 Å². The van der Waals surface area contributed by atoms with Gasteiger partial charge in [-0.15, -0.1) is 0 Å². The minimum Gasteiger partial charge on any atom is -0.494 e. The van der Waals surface area contributed by atoms with Gasteiger partial charge < -0.3 is 10.1 Å². The summed E-state index contributed by atoms with van der Waals surface area (Å²) in [5, 5.41) is 2.67. The van der Waals surface area contributed by atoms with Crippen molar-refractivity contribution in [2.24, 2.45) is 5.92 Å². The fourth-order valence-corrected chi connectivity index (χ4v) is 3.83. The summed E-state index contributed by atoms with van der Waals surface area (Å²) in [5.74, 6) is -1.10. The third-order valence-electron chi connectivity index (χ3n) is 3.79. The van der Waals surface area contributed by atoms with Crippen LogP contribution in [0.25, 0.3) is 0 Å². The third kappa shape index (κ3) is 5.51. The van der Waals surface area contributed by atoms with Crippen molar-refractivity contribution in [3.63, 3.8) is 0 Å². The van der Waals surface area contributed by atoms with Crippen molar-refractivity contribution in [3.05, 3.63) is 54.3 Å². The Bertz CT molecular complexity index is 883. The number of carbonyl (C=O) groups is 1. The van der Waals surface area contributed by atoms with Gasteiger partial charge in [-0.05, 0) is 49.2 Å². The Morgan fingerprint density at radius 2 is 1.74 bits per heavy atom. The van der Waals surface area contributed by atoms with E-state index in [1.54, 1.807) is 38.1 Å². The summed E-state index contributed by atoms with van der Waals surface area (Å²) in [6.07, 6.45) is 0.